The molecule has 0 bridgehead atoms. The number of benzene rings is 3. The van der Waals surface area contributed by atoms with Gasteiger partial charge in [0.1, 0.15) is 0 Å². The van der Waals surface area contributed by atoms with Gasteiger partial charge in [-0.25, -0.2) is 0 Å². The van der Waals surface area contributed by atoms with Crippen LogP contribution in [0.2, 0.25) is 0 Å². The van der Waals surface area contributed by atoms with Gasteiger partial charge in [-0.15, -0.1) is 0 Å². The molecule has 0 aromatic heterocycles. The molecule has 37 heavy (non-hydrogen) atoms. The summed E-state index contributed by atoms with van der Waals surface area (Å²) in [5.74, 6) is -0.650. The summed E-state index contributed by atoms with van der Waals surface area (Å²) < 4.78 is 10.7. The molecular formula is C31H38NO4S+. The molecule has 196 valence electrons. The van der Waals surface area contributed by atoms with E-state index < -0.39 is 0 Å². The molecule has 1 unspecified atom stereocenters. The van der Waals surface area contributed by atoms with Gasteiger partial charge >= 0.3 is 11.9 Å². The van der Waals surface area contributed by atoms with Crippen LogP contribution >= 0.6 is 0 Å². The van der Waals surface area contributed by atoms with E-state index in [-0.39, 0.29) is 54.0 Å². The van der Waals surface area contributed by atoms with Crippen LogP contribution in [0.15, 0.2) is 99.6 Å². The molecule has 0 amide bonds. The number of carbonyl (C=O) groups is 2. The monoisotopic (exact) mass is 520 g/mol. The lowest BCUT2D eigenvalue weighted by Crippen LogP contribution is -2.47. The molecule has 1 atom stereocenters. The van der Waals surface area contributed by atoms with Gasteiger partial charge in [0.15, 0.2) is 14.7 Å². The molecule has 0 aliphatic heterocycles. The van der Waals surface area contributed by atoms with Gasteiger partial charge in [-0.3, -0.25) is 14.5 Å². The smallest absolute Gasteiger partial charge is 0.320 e. The van der Waals surface area contributed by atoms with Crippen molar-refractivity contribution < 1.29 is 19.1 Å². The van der Waals surface area contributed by atoms with Crippen molar-refractivity contribution in [2.24, 2.45) is 0 Å². The maximum absolute atomic E-state index is 12.6. The summed E-state index contributed by atoms with van der Waals surface area (Å²) in [5.41, 5.74) is 0.739. The Morgan fingerprint density at radius 1 is 0.757 bits per heavy atom. The minimum atomic E-state index is -0.373. The second-order valence-corrected chi connectivity index (χ2v) is 11.9. The van der Waals surface area contributed by atoms with Crippen LogP contribution in [0.25, 0.3) is 0 Å². The second-order valence-electron chi connectivity index (χ2n) is 9.92. The molecule has 0 fully saturated rings. The van der Waals surface area contributed by atoms with E-state index in [1.54, 1.807) is 11.8 Å². The second kappa shape index (κ2) is 13.5. The largest absolute Gasteiger partial charge is 0.465 e. The normalized spacial score (nSPS) is 12.4. The summed E-state index contributed by atoms with van der Waals surface area (Å²) in [4.78, 5) is 30.2. The Morgan fingerprint density at radius 2 is 1.22 bits per heavy atom. The van der Waals surface area contributed by atoms with Crippen LogP contribution in [-0.2, 0) is 30.0 Å². The highest BCUT2D eigenvalue weighted by atomic mass is 32.2. The van der Waals surface area contributed by atoms with Gasteiger partial charge in [0.2, 0.25) is 0 Å². The van der Waals surface area contributed by atoms with Crippen molar-refractivity contribution in [2.45, 2.75) is 60.8 Å². The van der Waals surface area contributed by atoms with E-state index in [2.05, 4.69) is 79.7 Å². The molecule has 0 saturated heterocycles. The minimum absolute atomic E-state index is 0.0327. The van der Waals surface area contributed by atoms with Crippen LogP contribution in [0.3, 0.4) is 0 Å². The first kappa shape index (κ1) is 28.5. The molecule has 0 spiro atoms. The maximum atomic E-state index is 12.6. The van der Waals surface area contributed by atoms with Crippen LogP contribution in [0.4, 0.5) is 0 Å². The number of hydrogen-bond acceptors (Lipinski definition) is 5. The first-order chi connectivity index (χ1) is 17.7. The molecule has 3 aromatic carbocycles. The maximum Gasteiger partial charge on any atom is 0.320 e. The van der Waals surface area contributed by atoms with Crippen molar-refractivity contribution in [3.05, 3.63) is 90.5 Å². The molecule has 0 aliphatic rings. The highest BCUT2D eigenvalue weighted by Crippen LogP contribution is 2.31. The Bertz CT molecular complexity index is 1090. The summed E-state index contributed by atoms with van der Waals surface area (Å²) in [7, 11) is -0.198. The zero-order valence-corrected chi connectivity index (χ0v) is 23.3. The van der Waals surface area contributed by atoms with Gasteiger partial charge < -0.3 is 9.47 Å². The average Bonchev–Trinajstić information content (AvgIpc) is 2.88. The van der Waals surface area contributed by atoms with Gasteiger partial charge in [-0.05, 0) is 69.7 Å². The average molecular weight is 521 g/mol. The summed E-state index contributed by atoms with van der Waals surface area (Å²) in [5, 5.41) is 0. The van der Waals surface area contributed by atoms with E-state index in [1.165, 1.54) is 14.7 Å². The fraction of sp³-hybridized carbons (Fsp3) is 0.355. The van der Waals surface area contributed by atoms with Gasteiger partial charge in [-0.1, -0.05) is 55.5 Å². The summed E-state index contributed by atoms with van der Waals surface area (Å²) >= 11 is 0. The van der Waals surface area contributed by atoms with Gasteiger partial charge in [-0.2, -0.15) is 0 Å². The van der Waals surface area contributed by atoms with Crippen molar-refractivity contribution in [1.82, 2.24) is 4.90 Å². The Labute approximate surface area is 224 Å². The SMILES string of the molecule is CCOC(=O)CN(CC(=O)OCC(C)c1ccc([S+](c2ccccc2)c2ccccc2)cc1)C(C)(C)C. The fourth-order valence-electron chi connectivity index (χ4n) is 3.86. The summed E-state index contributed by atoms with van der Waals surface area (Å²) in [6, 6.07) is 29.7. The topological polar surface area (TPSA) is 55.8 Å². The molecule has 6 heteroatoms. The van der Waals surface area contributed by atoms with Crippen molar-refractivity contribution in [1.29, 1.82) is 0 Å². The van der Waals surface area contributed by atoms with E-state index in [9.17, 15) is 9.59 Å². The molecule has 5 nitrogen and oxygen atoms in total. The van der Waals surface area contributed by atoms with Gasteiger partial charge in [0.25, 0.3) is 0 Å². The number of nitrogens with zero attached hydrogens (tertiary/aromatic N) is 1. The zero-order valence-electron chi connectivity index (χ0n) is 22.5. The van der Waals surface area contributed by atoms with Crippen molar-refractivity contribution in [3.8, 4) is 0 Å². The first-order valence-electron chi connectivity index (χ1n) is 12.7. The fourth-order valence-corrected chi connectivity index (χ4v) is 5.95. The third-order valence-corrected chi connectivity index (χ3v) is 8.26. The molecule has 0 aliphatic carbocycles. The van der Waals surface area contributed by atoms with E-state index in [0.29, 0.717) is 6.61 Å². The van der Waals surface area contributed by atoms with E-state index in [4.69, 9.17) is 9.47 Å². The third kappa shape index (κ3) is 8.48. The summed E-state index contributed by atoms with van der Waals surface area (Å²) in [6.07, 6.45) is 0. The zero-order chi connectivity index (χ0) is 26.8. The number of hydrogen-bond donors (Lipinski definition) is 0. The quantitative estimate of drug-likeness (QED) is 0.226. The highest BCUT2D eigenvalue weighted by Gasteiger charge is 2.29. The predicted molar refractivity (Wildman–Crippen MR) is 149 cm³/mol. The van der Waals surface area contributed by atoms with Crippen molar-refractivity contribution in [2.75, 3.05) is 26.3 Å². The Balaban J connectivity index is 1.65. The molecule has 0 heterocycles. The number of esters is 2. The Morgan fingerprint density at radius 3 is 1.68 bits per heavy atom. The Kier molecular flexibility index (Phi) is 10.4. The predicted octanol–water partition coefficient (Wildman–Crippen LogP) is 6.09. The molecule has 3 rings (SSSR count). The molecule has 0 radical (unpaired) electrons. The lowest BCUT2D eigenvalue weighted by Gasteiger charge is -2.33. The standard InChI is InChI=1S/C31H38NO4S/c1-6-35-29(33)21-32(31(3,4)5)22-30(34)36-23-24(2)25-17-19-28(20-18-25)37(26-13-9-7-10-14-26)27-15-11-8-12-16-27/h7-20,24H,6,21-23H2,1-5H3/q+1. The molecule has 0 saturated carbocycles. The molecule has 0 N–H and O–H groups in total. The van der Waals surface area contributed by atoms with Gasteiger partial charge in [0.05, 0.1) is 37.2 Å². The lowest BCUT2D eigenvalue weighted by molar-refractivity contribution is -0.151. The van der Waals surface area contributed by atoms with Crippen LogP contribution < -0.4 is 0 Å². The molecule has 3 aromatic rings. The number of ether oxygens (including phenoxy) is 2. The van der Waals surface area contributed by atoms with E-state index >= 15 is 0 Å². The number of carbonyl (C=O) groups excluding carboxylic acids is 2. The van der Waals surface area contributed by atoms with Crippen molar-refractivity contribution in [3.63, 3.8) is 0 Å². The number of rotatable bonds is 11. The van der Waals surface area contributed by atoms with E-state index in [0.717, 1.165) is 5.56 Å². The van der Waals surface area contributed by atoms with Crippen molar-refractivity contribution >= 4 is 22.8 Å². The van der Waals surface area contributed by atoms with Crippen LogP contribution in [-0.4, -0.2) is 48.7 Å². The third-order valence-electron chi connectivity index (χ3n) is 6.03. The van der Waals surface area contributed by atoms with Crippen LogP contribution in [0.5, 0.6) is 0 Å². The summed E-state index contributed by atoms with van der Waals surface area (Å²) in [6.45, 7) is 10.4. The van der Waals surface area contributed by atoms with Crippen LogP contribution in [0, 0.1) is 0 Å². The first-order valence-corrected chi connectivity index (χ1v) is 13.9. The van der Waals surface area contributed by atoms with Crippen LogP contribution in [0.1, 0.15) is 46.1 Å². The molecular weight excluding hydrogens is 482 g/mol. The highest BCUT2D eigenvalue weighted by molar-refractivity contribution is 7.97. The minimum Gasteiger partial charge on any atom is -0.465 e. The Hall–Kier alpha value is -3.09. The van der Waals surface area contributed by atoms with E-state index in [1.807, 2.05) is 32.9 Å². The van der Waals surface area contributed by atoms with Gasteiger partial charge in [0, 0.05) is 11.5 Å². The lowest BCUT2D eigenvalue weighted by atomic mass is 10.0.